The molecule has 2 unspecified atom stereocenters. The Hall–Kier alpha value is -0.570. The number of hydrogen-bond donors (Lipinski definition) is 1. The molecule has 0 aromatic rings. The lowest BCUT2D eigenvalue weighted by Gasteiger charge is -2.34. The molecular formula is C12H22N2O. The fourth-order valence-corrected chi connectivity index (χ4v) is 2.86. The number of carbonyl (C=O) groups is 1. The van der Waals surface area contributed by atoms with Crippen molar-refractivity contribution >= 4 is 5.91 Å². The molecule has 0 spiro atoms. The van der Waals surface area contributed by atoms with Crippen LogP contribution >= 0.6 is 0 Å². The molecule has 15 heavy (non-hydrogen) atoms. The number of likely N-dealkylation sites (tertiary alicyclic amines) is 1. The van der Waals surface area contributed by atoms with Crippen LogP contribution in [0, 0.1) is 5.92 Å². The van der Waals surface area contributed by atoms with Crippen LogP contribution in [0.5, 0.6) is 0 Å². The number of piperidine rings is 1. The molecule has 1 amide bonds. The maximum atomic E-state index is 11.5. The Kier molecular flexibility index (Phi) is 3.62. The van der Waals surface area contributed by atoms with Gasteiger partial charge >= 0.3 is 0 Å². The summed E-state index contributed by atoms with van der Waals surface area (Å²) in [5, 5.41) is 3.57. The number of nitrogens with one attached hydrogen (secondary N) is 1. The first-order valence-corrected chi connectivity index (χ1v) is 6.32. The minimum Gasteiger partial charge on any atom is -0.341 e. The average Bonchev–Trinajstić information content (AvgIpc) is 2.65. The van der Waals surface area contributed by atoms with Gasteiger partial charge in [-0.2, -0.15) is 0 Å². The van der Waals surface area contributed by atoms with Gasteiger partial charge in [0.2, 0.25) is 5.91 Å². The van der Waals surface area contributed by atoms with Gasteiger partial charge in [-0.1, -0.05) is 13.3 Å². The van der Waals surface area contributed by atoms with Crippen LogP contribution in [0.4, 0.5) is 0 Å². The van der Waals surface area contributed by atoms with Gasteiger partial charge in [0.1, 0.15) is 0 Å². The zero-order chi connectivity index (χ0) is 10.7. The first-order chi connectivity index (χ1) is 7.31. The van der Waals surface area contributed by atoms with E-state index in [0.29, 0.717) is 11.9 Å². The van der Waals surface area contributed by atoms with Crippen LogP contribution < -0.4 is 5.32 Å². The molecule has 3 heteroatoms. The molecule has 0 radical (unpaired) electrons. The number of rotatable bonds is 3. The van der Waals surface area contributed by atoms with E-state index in [4.69, 9.17) is 0 Å². The molecule has 0 bridgehead atoms. The second-order valence-electron chi connectivity index (χ2n) is 4.81. The molecule has 2 atom stereocenters. The lowest BCUT2D eigenvalue weighted by molar-refractivity contribution is -0.128. The summed E-state index contributed by atoms with van der Waals surface area (Å²) in [4.78, 5) is 13.6. The number of hydrogen-bond acceptors (Lipinski definition) is 2. The Bertz CT molecular complexity index is 230. The average molecular weight is 210 g/mol. The Morgan fingerprint density at radius 2 is 2.33 bits per heavy atom. The third-order valence-corrected chi connectivity index (χ3v) is 3.84. The van der Waals surface area contributed by atoms with E-state index >= 15 is 0 Å². The molecule has 0 aromatic heterocycles. The topological polar surface area (TPSA) is 32.3 Å². The summed E-state index contributed by atoms with van der Waals surface area (Å²) in [6.07, 6.45) is 5.69. The van der Waals surface area contributed by atoms with Gasteiger partial charge in [-0.15, -0.1) is 0 Å². The van der Waals surface area contributed by atoms with E-state index in [-0.39, 0.29) is 0 Å². The van der Waals surface area contributed by atoms with Gasteiger partial charge in [-0.05, 0) is 31.7 Å². The maximum absolute atomic E-state index is 11.5. The molecule has 2 aliphatic heterocycles. The second kappa shape index (κ2) is 4.97. The number of nitrogens with zero attached hydrogens (tertiary/aromatic N) is 1. The van der Waals surface area contributed by atoms with E-state index in [2.05, 4.69) is 12.2 Å². The lowest BCUT2D eigenvalue weighted by atomic mass is 9.88. The number of carbonyl (C=O) groups excluding carboxylic acids is 1. The molecule has 86 valence electrons. The third-order valence-electron chi connectivity index (χ3n) is 3.84. The van der Waals surface area contributed by atoms with Crippen molar-refractivity contribution in [2.45, 2.75) is 45.1 Å². The van der Waals surface area contributed by atoms with Gasteiger partial charge < -0.3 is 10.2 Å². The Labute approximate surface area is 92.2 Å². The highest BCUT2D eigenvalue weighted by molar-refractivity contribution is 5.78. The quantitative estimate of drug-likeness (QED) is 0.763. The Balaban J connectivity index is 1.88. The van der Waals surface area contributed by atoms with Crippen molar-refractivity contribution in [2.75, 3.05) is 19.6 Å². The fourth-order valence-electron chi connectivity index (χ4n) is 2.86. The third kappa shape index (κ3) is 2.51. The van der Waals surface area contributed by atoms with Crippen molar-refractivity contribution in [3.05, 3.63) is 0 Å². The molecule has 0 aromatic carbocycles. The van der Waals surface area contributed by atoms with Gasteiger partial charge in [0.15, 0.2) is 0 Å². The van der Waals surface area contributed by atoms with Gasteiger partial charge in [-0.3, -0.25) is 4.79 Å². The highest BCUT2D eigenvalue weighted by Crippen LogP contribution is 2.22. The predicted molar refractivity (Wildman–Crippen MR) is 60.6 cm³/mol. The molecule has 1 N–H and O–H groups in total. The van der Waals surface area contributed by atoms with Gasteiger partial charge in [0, 0.05) is 25.6 Å². The smallest absolute Gasteiger partial charge is 0.222 e. The zero-order valence-electron chi connectivity index (χ0n) is 9.67. The van der Waals surface area contributed by atoms with E-state index in [1.807, 2.05) is 4.90 Å². The summed E-state index contributed by atoms with van der Waals surface area (Å²) in [5.41, 5.74) is 0. The normalized spacial score (nSPS) is 32.3. The van der Waals surface area contributed by atoms with Crippen molar-refractivity contribution < 1.29 is 4.79 Å². The van der Waals surface area contributed by atoms with E-state index in [0.717, 1.165) is 38.4 Å². The van der Waals surface area contributed by atoms with Crippen LogP contribution in [0.25, 0.3) is 0 Å². The second-order valence-corrected chi connectivity index (χ2v) is 4.81. The summed E-state index contributed by atoms with van der Waals surface area (Å²) in [7, 11) is 0. The number of amides is 1. The van der Waals surface area contributed by atoms with Gasteiger partial charge in [0.25, 0.3) is 0 Å². The largest absolute Gasteiger partial charge is 0.341 e. The van der Waals surface area contributed by atoms with Crippen molar-refractivity contribution in [3.8, 4) is 0 Å². The highest BCUT2D eigenvalue weighted by atomic mass is 16.2. The van der Waals surface area contributed by atoms with E-state index in [1.165, 1.54) is 19.3 Å². The van der Waals surface area contributed by atoms with Crippen LogP contribution in [-0.4, -0.2) is 36.5 Å². The SMILES string of the molecule is CCC1CCCNC1CN1CCCC1=O. The minimum absolute atomic E-state index is 0.359. The molecule has 2 saturated heterocycles. The molecule has 0 saturated carbocycles. The van der Waals surface area contributed by atoms with E-state index in [1.54, 1.807) is 0 Å². The zero-order valence-corrected chi connectivity index (χ0v) is 9.67. The summed E-state index contributed by atoms with van der Waals surface area (Å²) in [5.74, 6) is 1.13. The standard InChI is InChI=1S/C12H22N2O/c1-2-10-5-3-7-13-11(10)9-14-8-4-6-12(14)15/h10-11,13H,2-9H2,1H3. The Morgan fingerprint density at radius 3 is 3.00 bits per heavy atom. The van der Waals surface area contributed by atoms with Crippen molar-refractivity contribution in [1.29, 1.82) is 0 Å². The molecular weight excluding hydrogens is 188 g/mol. The Morgan fingerprint density at radius 1 is 1.47 bits per heavy atom. The summed E-state index contributed by atoms with van der Waals surface area (Å²) < 4.78 is 0. The van der Waals surface area contributed by atoms with Crippen molar-refractivity contribution in [1.82, 2.24) is 10.2 Å². The molecule has 2 fully saturated rings. The summed E-state index contributed by atoms with van der Waals surface area (Å²) in [6.45, 7) is 5.31. The molecule has 2 aliphatic rings. The summed E-state index contributed by atoms with van der Waals surface area (Å²) in [6, 6.07) is 0.547. The minimum atomic E-state index is 0.359. The monoisotopic (exact) mass is 210 g/mol. The van der Waals surface area contributed by atoms with Crippen LogP contribution in [0.15, 0.2) is 0 Å². The van der Waals surface area contributed by atoms with Crippen molar-refractivity contribution in [3.63, 3.8) is 0 Å². The van der Waals surface area contributed by atoms with Crippen LogP contribution in [-0.2, 0) is 4.79 Å². The van der Waals surface area contributed by atoms with Gasteiger partial charge in [-0.25, -0.2) is 0 Å². The van der Waals surface area contributed by atoms with Crippen LogP contribution in [0.1, 0.15) is 39.0 Å². The van der Waals surface area contributed by atoms with Gasteiger partial charge in [0.05, 0.1) is 0 Å². The fraction of sp³-hybridized carbons (Fsp3) is 0.917. The van der Waals surface area contributed by atoms with E-state index < -0.39 is 0 Å². The molecule has 3 nitrogen and oxygen atoms in total. The van der Waals surface area contributed by atoms with E-state index in [9.17, 15) is 4.79 Å². The van der Waals surface area contributed by atoms with Crippen molar-refractivity contribution in [2.24, 2.45) is 5.92 Å². The first kappa shape index (κ1) is 10.9. The molecule has 0 aliphatic carbocycles. The highest BCUT2D eigenvalue weighted by Gasteiger charge is 2.28. The molecule has 2 rings (SSSR count). The van der Waals surface area contributed by atoms with Crippen LogP contribution in [0.3, 0.4) is 0 Å². The molecule has 2 heterocycles. The predicted octanol–water partition coefficient (Wildman–Crippen LogP) is 1.39. The first-order valence-electron chi connectivity index (χ1n) is 6.32. The maximum Gasteiger partial charge on any atom is 0.222 e. The lowest BCUT2D eigenvalue weighted by Crippen LogP contribution is -2.48. The summed E-state index contributed by atoms with van der Waals surface area (Å²) >= 11 is 0. The van der Waals surface area contributed by atoms with Crippen LogP contribution in [0.2, 0.25) is 0 Å².